The third kappa shape index (κ3) is 2.81. The van der Waals surface area contributed by atoms with Crippen LogP contribution in [0, 0.1) is 0 Å². The van der Waals surface area contributed by atoms with E-state index in [1.165, 1.54) is 0 Å². The number of fused-ring (bicyclic) bond motifs is 4. The van der Waals surface area contributed by atoms with E-state index < -0.39 is 0 Å². The van der Waals surface area contributed by atoms with E-state index in [1.807, 2.05) is 48.5 Å². The van der Waals surface area contributed by atoms with Crippen molar-refractivity contribution in [2.24, 2.45) is 0 Å². The lowest BCUT2D eigenvalue weighted by atomic mass is 10.1. The van der Waals surface area contributed by atoms with Crippen LogP contribution in [0.5, 0.6) is 0 Å². The number of carbonyl (C=O) groups is 1. The van der Waals surface area contributed by atoms with Crippen LogP contribution in [0.4, 0.5) is 0 Å². The van der Waals surface area contributed by atoms with Crippen molar-refractivity contribution >= 4 is 38.7 Å². The molecule has 0 saturated carbocycles. The van der Waals surface area contributed by atoms with Crippen LogP contribution in [0.25, 0.3) is 32.8 Å². The monoisotopic (exact) mass is 358 g/mol. The summed E-state index contributed by atoms with van der Waals surface area (Å²) in [4.78, 5) is 12.3. The first-order chi connectivity index (χ1) is 13.3. The molecular weight excluding hydrogens is 344 g/mol. The van der Waals surface area contributed by atoms with Crippen molar-refractivity contribution in [1.82, 2.24) is 10.3 Å². The molecule has 2 heterocycles. The molecule has 0 aliphatic carbocycles. The van der Waals surface area contributed by atoms with Crippen molar-refractivity contribution in [1.29, 1.82) is 0 Å². The highest BCUT2D eigenvalue weighted by Gasteiger charge is 2.13. The predicted molar refractivity (Wildman–Crippen MR) is 99.0 cm³/mol. The van der Waals surface area contributed by atoms with E-state index >= 15 is 0 Å². The number of esters is 1. The first-order valence-electron chi connectivity index (χ1n) is 8.54. The van der Waals surface area contributed by atoms with E-state index in [-0.39, 0.29) is 19.0 Å². The van der Waals surface area contributed by atoms with Crippen molar-refractivity contribution < 1.29 is 18.6 Å². The summed E-state index contributed by atoms with van der Waals surface area (Å²) in [5.74, 6) is 0.208. The molecule has 5 aromatic rings. The second-order valence-corrected chi connectivity index (χ2v) is 6.30. The SMILES string of the molecule is O=C(Cc1cc2c(ccc3ccccc32)o1)OCc1cccc2nonc12. The number of nitrogens with zero attached hydrogens (tertiary/aromatic N) is 2. The van der Waals surface area contributed by atoms with Crippen molar-refractivity contribution in [3.63, 3.8) is 0 Å². The van der Waals surface area contributed by atoms with E-state index in [0.29, 0.717) is 16.8 Å². The maximum atomic E-state index is 12.3. The molecule has 132 valence electrons. The minimum absolute atomic E-state index is 0.0655. The smallest absolute Gasteiger partial charge is 0.313 e. The van der Waals surface area contributed by atoms with Crippen LogP contribution in [0.2, 0.25) is 0 Å². The Morgan fingerprint density at radius 3 is 2.85 bits per heavy atom. The second kappa shape index (κ2) is 6.25. The second-order valence-electron chi connectivity index (χ2n) is 6.30. The van der Waals surface area contributed by atoms with Gasteiger partial charge in [-0.15, -0.1) is 0 Å². The third-order valence-electron chi connectivity index (χ3n) is 4.55. The van der Waals surface area contributed by atoms with Gasteiger partial charge in [-0.05, 0) is 39.3 Å². The Morgan fingerprint density at radius 1 is 0.963 bits per heavy atom. The molecule has 0 aliphatic rings. The Hall–Kier alpha value is -3.67. The van der Waals surface area contributed by atoms with Crippen LogP contribution in [0.3, 0.4) is 0 Å². The molecule has 0 radical (unpaired) electrons. The van der Waals surface area contributed by atoms with Crippen LogP contribution < -0.4 is 0 Å². The summed E-state index contributed by atoms with van der Waals surface area (Å²) in [6.45, 7) is 0.105. The van der Waals surface area contributed by atoms with Gasteiger partial charge in [-0.1, -0.05) is 42.5 Å². The van der Waals surface area contributed by atoms with Crippen molar-refractivity contribution in [2.75, 3.05) is 0 Å². The van der Waals surface area contributed by atoms with E-state index in [0.717, 1.165) is 27.3 Å². The minimum Gasteiger partial charge on any atom is -0.460 e. The van der Waals surface area contributed by atoms with Crippen molar-refractivity contribution in [3.8, 4) is 0 Å². The van der Waals surface area contributed by atoms with Crippen LogP contribution >= 0.6 is 0 Å². The largest absolute Gasteiger partial charge is 0.460 e. The number of hydrogen-bond donors (Lipinski definition) is 0. The number of carbonyl (C=O) groups excluding carboxylic acids is 1. The summed E-state index contributed by atoms with van der Waals surface area (Å²) < 4.78 is 15.9. The third-order valence-corrected chi connectivity index (χ3v) is 4.55. The number of furan rings is 1. The number of hydrogen-bond acceptors (Lipinski definition) is 6. The fraction of sp³-hybridized carbons (Fsp3) is 0.0952. The Morgan fingerprint density at radius 2 is 1.89 bits per heavy atom. The summed E-state index contributed by atoms with van der Waals surface area (Å²) >= 11 is 0. The van der Waals surface area contributed by atoms with Gasteiger partial charge in [0.2, 0.25) is 0 Å². The molecule has 0 unspecified atom stereocenters. The standard InChI is InChI=1S/C21H14N2O4/c24-20(25-12-14-5-3-7-18-21(14)23-27-22-18)11-15-10-17-16-6-2-1-4-13(16)8-9-19(17)26-15/h1-10H,11-12H2. The molecule has 0 atom stereocenters. The zero-order valence-corrected chi connectivity index (χ0v) is 14.2. The van der Waals surface area contributed by atoms with Crippen LogP contribution in [-0.2, 0) is 22.6 Å². The molecule has 0 bridgehead atoms. The molecule has 27 heavy (non-hydrogen) atoms. The minimum atomic E-state index is -0.369. The van der Waals surface area contributed by atoms with Gasteiger partial charge in [0, 0.05) is 10.9 Å². The highest BCUT2D eigenvalue weighted by molar-refractivity contribution is 6.06. The topological polar surface area (TPSA) is 78.4 Å². The van der Waals surface area contributed by atoms with E-state index in [4.69, 9.17) is 13.8 Å². The Balaban J connectivity index is 1.35. The van der Waals surface area contributed by atoms with Crippen molar-refractivity contribution in [3.05, 3.63) is 72.0 Å². The van der Waals surface area contributed by atoms with Crippen LogP contribution in [0.1, 0.15) is 11.3 Å². The van der Waals surface area contributed by atoms with Gasteiger partial charge in [-0.2, -0.15) is 0 Å². The molecular formula is C21H14N2O4. The van der Waals surface area contributed by atoms with E-state index in [9.17, 15) is 4.79 Å². The fourth-order valence-electron chi connectivity index (χ4n) is 3.26. The quantitative estimate of drug-likeness (QED) is 0.443. The van der Waals surface area contributed by atoms with E-state index in [1.54, 1.807) is 6.07 Å². The average molecular weight is 358 g/mol. The average Bonchev–Trinajstić information content (AvgIpc) is 3.33. The lowest BCUT2D eigenvalue weighted by Gasteiger charge is -2.03. The molecule has 0 fully saturated rings. The lowest BCUT2D eigenvalue weighted by Crippen LogP contribution is -2.07. The zero-order chi connectivity index (χ0) is 18.2. The molecule has 0 saturated heterocycles. The van der Waals surface area contributed by atoms with Crippen LogP contribution in [0.15, 0.2) is 69.7 Å². The molecule has 2 aromatic heterocycles. The normalized spacial score (nSPS) is 11.4. The Labute approximate surface area is 153 Å². The fourth-order valence-corrected chi connectivity index (χ4v) is 3.26. The summed E-state index contributed by atoms with van der Waals surface area (Å²) in [5, 5.41) is 10.9. The molecule has 5 rings (SSSR count). The zero-order valence-electron chi connectivity index (χ0n) is 14.2. The first kappa shape index (κ1) is 15.6. The lowest BCUT2D eigenvalue weighted by molar-refractivity contribution is -0.144. The maximum absolute atomic E-state index is 12.3. The molecule has 6 heteroatoms. The first-order valence-corrected chi connectivity index (χ1v) is 8.54. The summed E-state index contributed by atoms with van der Waals surface area (Å²) in [6, 6.07) is 19.3. The molecule has 0 amide bonds. The van der Waals surface area contributed by atoms with Gasteiger partial charge in [0.25, 0.3) is 0 Å². The number of aromatic nitrogens is 2. The van der Waals surface area contributed by atoms with Crippen LogP contribution in [-0.4, -0.2) is 16.3 Å². The molecule has 0 spiro atoms. The van der Waals surface area contributed by atoms with Crippen molar-refractivity contribution in [2.45, 2.75) is 13.0 Å². The van der Waals surface area contributed by atoms with Gasteiger partial charge in [0.15, 0.2) is 0 Å². The molecule has 0 N–H and O–H groups in total. The Bertz CT molecular complexity index is 1290. The number of rotatable bonds is 4. The van der Waals surface area contributed by atoms with Gasteiger partial charge >= 0.3 is 5.97 Å². The van der Waals surface area contributed by atoms with Gasteiger partial charge in [-0.3, -0.25) is 4.79 Å². The molecule has 3 aromatic carbocycles. The summed E-state index contributed by atoms with van der Waals surface area (Å²) in [6.07, 6.45) is 0.0655. The number of benzene rings is 3. The van der Waals surface area contributed by atoms with Gasteiger partial charge in [-0.25, -0.2) is 4.63 Å². The molecule has 0 aliphatic heterocycles. The number of ether oxygens (including phenoxy) is 1. The summed E-state index contributed by atoms with van der Waals surface area (Å²) in [7, 11) is 0. The predicted octanol–water partition coefficient (Wildman–Crippen LogP) is 4.41. The van der Waals surface area contributed by atoms with Gasteiger partial charge in [0.1, 0.15) is 35.4 Å². The van der Waals surface area contributed by atoms with Gasteiger partial charge < -0.3 is 9.15 Å². The molecule has 6 nitrogen and oxygen atoms in total. The highest BCUT2D eigenvalue weighted by atomic mass is 16.6. The highest BCUT2D eigenvalue weighted by Crippen LogP contribution is 2.28. The summed E-state index contributed by atoms with van der Waals surface area (Å²) in [5.41, 5.74) is 2.74. The maximum Gasteiger partial charge on any atom is 0.313 e. The van der Waals surface area contributed by atoms with Gasteiger partial charge in [0.05, 0.1) is 0 Å². The Kier molecular flexibility index (Phi) is 3.60. The van der Waals surface area contributed by atoms with E-state index in [2.05, 4.69) is 16.4 Å².